The number of benzene rings is 1. The van der Waals surface area contributed by atoms with E-state index in [0.29, 0.717) is 30.3 Å². The molecule has 0 heterocycles. The third-order valence-electron chi connectivity index (χ3n) is 4.09. The van der Waals surface area contributed by atoms with E-state index in [1.165, 1.54) is 0 Å². The number of aliphatic hydroxyl groups excluding tert-OH is 1. The highest BCUT2D eigenvalue weighted by atomic mass is 16.5. The highest BCUT2D eigenvalue weighted by Crippen LogP contribution is 2.20. The fourth-order valence-electron chi connectivity index (χ4n) is 2.50. The standard InChI is InChI=1S/C20H28N4O2/c1-3-4-11-26-20-13-19(17(21)12-18(20)22)24-16-7-5-15(6-8-16)14(2)23-9-10-25/h5-8,12-14,22-23,25H,3-4,9-11,21H2,1-2H3. The number of rotatable bonds is 9. The number of allylic oxidation sites excluding steroid dienone is 2. The molecule has 0 spiro atoms. The Morgan fingerprint density at radius 2 is 2.00 bits per heavy atom. The summed E-state index contributed by atoms with van der Waals surface area (Å²) in [6.45, 7) is 5.40. The zero-order valence-electron chi connectivity index (χ0n) is 15.5. The average molecular weight is 356 g/mol. The Hall–Kier alpha value is -2.44. The van der Waals surface area contributed by atoms with Gasteiger partial charge in [-0.25, -0.2) is 4.99 Å². The third-order valence-corrected chi connectivity index (χ3v) is 4.09. The number of aliphatic imine (C=N–C) groups is 1. The molecule has 0 amide bonds. The van der Waals surface area contributed by atoms with E-state index in [1.807, 2.05) is 31.2 Å². The monoisotopic (exact) mass is 356 g/mol. The zero-order valence-corrected chi connectivity index (χ0v) is 15.5. The molecule has 26 heavy (non-hydrogen) atoms. The first-order valence-electron chi connectivity index (χ1n) is 8.99. The predicted octanol–water partition coefficient (Wildman–Crippen LogP) is 2.98. The molecule has 0 aliphatic heterocycles. The fourth-order valence-corrected chi connectivity index (χ4v) is 2.50. The highest BCUT2D eigenvalue weighted by molar-refractivity contribution is 6.22. The summed E-state index contributed by atoms with van der Waals surface area (Å²) < 4.78 is 5.67. The molecule has 1 atom stereocenters. The van der Waals surface area contributed by atoms with E-state index in [2.05, 4.69) is 17.2 Å². The first-order valence-corrected chi connectivity index (χ1v) is 8.99. The lowest BCUT2D eigenvalue weighted by atomic mass is 10.1. The van der Waals surface area contributed by atoms with Gasteiger partial charge >= 0.3 is 0 Å². The van der Waals surface area contributed by atoms with Crippen LogP contribution in [0, 0.1) is 5.41 Å². The van der Waals surface area contributed by atoms with E-state index in [1.54, 1.807) is 12.2 Å². The Balaban J connectivity index is 2.13. The molecular weight excluding hydrogens is 328 g/mol. The second-order valence-electron chi connectivity index (χ2n) is 6.21. The van der Waals surface area contributed by atoms with Gasteiger partial charge in [0, 0.05) is 18.7 Å². The number of hydrogen-bond donors (Lipinski definition) is 4. The van der Waals surface area contributed by atoms with Crippen molar-refractivity contribution in [2.75, 3.05) is 19.8 Å². The molecule has 0 aromatic heterocycles. The topological polar surface area (TPSA) is 104 Å². The van der Waals surface area contributed by atoms with Crippen molar-refractivity contribution in [3.8, 4) is 0 Å². The largest absolute Gasteiger partial charge is 0.491 e. The first kappa shape index (κ1) is 19.9. The van der Waals surface area contributed by atoms with Crippen LogP contribution in [-0.4, -0.2) is 36.3 Å². The average Bonchev–Trinajstić information content (AvgIpc) is 2.64. The van der Waals surface area contributed by atoms with Gasteiger partial charge in [0.05, 0.1) is 36.0 Å². The molecule has 6 heteroatoms. The summed E-state index contributed by atoms with van der Waals surface area (Å²) in [6.07, 6.45) is 5.29. The van der Waals surface area contributed by atoms with Crippen LogP contribution in [0.4, 0.5) is 5.69 Å². The molecular formula is C20H28N4O2. The van der Waals surface area contributed by atoms with Crippen LogP contribution in [0.25, 0.3) is 0 Å². The van der Waals surface area contributed by atoms with Crippen molar-refractivity contribution in [3.63, 3.8) is 0 Å². The number of unbranched alkanes of at least 4 members (excludes halogenated alkanes) is 1. The minimum atomic E-state index is 0.117. The SMILES string of the molecule is CCCCOC1=CC(=Nc2ccc(C(C)NCCO)cc2)C(N)=CC1=N. The number of aliphatic hydroxyl groups is 1. The van der Waals surface area contributed by atoms with Crippen LogP contribution in [0.3, 0.4) is 0 Å². The second-order valence-corrected chi connectivity index (χ2v) is 6.21. The van der Waals surface area contributed by atoms with Crippen molar-refractivity contribution in [2.24, 2.45) is 10.7 Å². The number of nitrogens with two attached hydrogens (primary N) is 1. The van der Waals surface area contributed by atoms with Crippen LogP contribution >= 0.6 is 0 Å². The summed E-state index contributed by atoms with van der Waals surface area (Å²) in [6, 6.07) is 8.02. The van der Waals surface area contributed by atoms with Crippen molar-refractivity contribution < 1.29 is 9.84 Å². The van der Waals surface area contributed by atoms with Gasteiger partial charge in [0.15, 0.2) is 0 Å². The molecule has 0 saturated heterocycles. The molecule has 2 rings (SSSR count). The molecule has 0 radical (unpaired) electrons. The number of ether oxygens (including phenoxy) is 1. The summed E-state index contributed by atoms with van der Waals surface area (Å²) in [5, 5.41) is 20.1. The van der Waals surface area contributed by atoms with E-state index in [9.17, 15) is 0 Å². The van der Waals surface area contributed by atoms with Crippen LogP contribution in [0.5, 0.6) is 0 Å². The van der Waals surface area contributed by atoms with Gasteiger partial charge in [0.25, 0.3) is 0 Å². The van der Waals surface area contributed by atoms with Crippen LogP contribution in [0.1, 0.15) is 38.3 Å². The lowest BCUT2D eigenvalue weighted by Gasteiger charge is -2.16. The molecule has 6 nitrogen and oxygen atoms in total. The van der Waals surface area contributed by atoms with E-state index < -0.39 is 0 Å². The molecule has 0 bridgehead atoms. The molecule has 0 fully saturated rings. The Kier molecular flexibility index (Phi) is 7.56. The maximum atomic E-state index is 8.89. The maximum Gasteiger partial charge on any atom is 0.146 e. The number of hydrogen-bond acceptors (Lipinski definition) is 6. The highest BCUT2D eigenvalue weighted by Gasteiger charge is 2.15. The summed E-state index contributed by atoms with van der Waals surface area (Å²) in [5.41, 5.74) is 9.26. The Morgan fingerprint density at radius 3 is 2.65 bits per heavy atom. The van der Waals surface area contributed by atoms with E-state index in [-0.39, 0.29) is 18.4 Å². The van der Waals surface area contributed by atoms with E-state index in [4.69, 9.17) is 21.0 Å². The van der Waals surface area contributed by atoms with Crippen molar-refractivity contribution in [3.05, 3.63) is 53.4 Å². The van der Waals surface area contributed by atoms with Gasteiger partial charge in [0.1, 0.15) is 5.76 Å². The van der Waals surface area contributed by atoms with Gasteiger partial charge in [-0.1, -0.05) is 25.5 Å². The Labute approximate surface area is 155 Å². The lowest BCUT2D eigenvalue weighted by molar-refractivity contribution is 0.226. The van der Waals surface area contributed by atoms with Gasteiger partial charge in [0.2, 0.25) is 0 Å². The van der Waals surface area contributed by atoms with Crippen molar-refractivity contribution in [2.45, 2.75) is 32.7 Å². The quantitative estimate of drug-likeness (QED) is 0.403. The van der Waals surface area contributed by atoms with E-state index in [0.717, 1.165) is 24.1 Å². The summed E-state index contributed by atoms with van der Waals surface area (Å²) in [5.74, 6) is 0.504. The molecule has 1 unspecified atom stereocenters. The smallest absolute Gasteiger partial charge is 0.146 e. The molecule has 5 N–H and O–H groups in total. The van der Waals surface area contributed by atoms with Crippen molar-refractivity contribution in [1.82, 2.24) is 5.32 Å². The fraction of sp³-hybridized carbons (Fsp3) is 0.400. The van der Waals surface area contributed by atoms with Crippen LogP contribution in [0.2, 0.25) is 0 Å². The van der Waals surface area contributed by atoms with Crippen molar-refractivity contribution in [1.29, 1.82) is 5.41 Å². The molecule has 0 saturated carbocycles. The molecule has 1 aromatic carbocycles. The van der Waals surface area contributed by atoms with Gasteiger partial charge in [-0.3, -0.25) is 5.41 Å². The normalized spacial score (nSPS) is 17.0. The number of nitrogens with zero attached hydrogens (tertiary/aromatic N) is 1. The van der Waals surface area contributed by atoms with Crippen molar-refractivity contribution >= 4 is 17.1 Å². The first-order chi connectivity index (χ1) is 12.5. The minimum Gasteiger partial charge on any atom is -0.491 e. The second kappa shape index (κ2) is 9.89. The number of nitrogens with one attached hydrogen (secondary N) is 2. The molecule has 1 aromatic rings. The minimum absolute atomic E-state index is 0.117. The van der Waals surface area contributed by atoms with Gasteiger partial charge in [-0.2, -0.15) is 0 Å². The van der Waals surface area contributed by atoms with Crippen LogP contribution in [0.15, 0.2) is 52.9 Å². The maximum absolute atomic E-state index is 8.89. The van der Waals surface area contributed by atoms with Gasteiger partial charge in [-0.05, 0) is 37.1 Å². The third kappa shape index (κ3) is 5.54. The van der Waals surface area contributed by atoms with E-state index >= 15 is 0 Å². The summed E-state index contributed by atoms with van der Waals surface area (Å²) in [4.78, 5) is 4.58. The summed E-state index contributed by atoms with van der Waals surface area (Å²) >= 11 is 0. The Bertz CT molecular complexity index is 705. The zero-order chi connectivity index (χ0) is 18.9. The van der Waals surface area contributed by atoms with Gasteiger partial charge < -0.3 is 20.9 Å². The van der Waals surface area contributed by atoms with Crippen LogP contribution in [-0.2, 0) is 4.74 Å². The predicted molar refractivity (Wildman–Crippen MR) is 106 cm³/mol. The molecule has 1 aliphatic carbocycles. The van der Waals surface area contributed by atoms with Gasteiger partial charge in [-0.15, -0.1) is 0 Å². The lowest BCUT2D eigenvalue weighted by Crippen LogP contribution is -2.21. The Morgan fingerprint density at radius 1 is 1.27 bits per heavy atom. The molecule has 1 aliphatic rings. The summed E-state index contributed by atoms with van der Waals surface area (Å²) in [7, 11) is 0. The molecule has 140 valence electrons. The van der Waals surface area contributed by atoms with Crippen LogP contribution < -0.4 is 11.1 Å².